The summed E-state index contributed by atoms with van der Waals surface area (Å²) in [5, 5.41) is 12.5. The fourth-order valence-corrected chi connectivity index (χ4v) is 17.7. The minimum absolute atomic E-state index is 0.533. The van der Waals surface area contributed by atoms with Crippen LogP contribution in [0, 0.1) is 0 Å². The Balaban J connectivity index is 0.682. The molecule has 4 heterocycles. The number of furan rings is 1. The smallest absolute Gasteiger partial charge is 0.143 e. The summed E-state index contributed by atoms with van der Waals surface area (Å²) in [7, 11) is 0. The zero-order chi connectivity index (χ0) is 56.2. The second-order valence-corrected chi connectivity index (χ2v) is 25.3. The van der Waals surface area contributed by atoms with E-state index >= 15 is 0 Å². The van der Waals surface area contributed by atoms with Crippen molar-refractivity contribution in [3.05, 3.63) is 324 Å². The fraction of sp³-hybridized carbons (Fsp3) is 0.0250. The summed E-state index contributed by atoms with van der Waals surface area (Å²) in [4.78, 5) is 2.49. The molecule has 0 bridgehead atoms. The highest BCUT2D eigenvalue weighted by Gasteiger charge is 2.52. The van der Waals surface area contributed by atoms with Gasteiger partial charge < -0.3 is 19.8 Å². The van der Waals surface area contributed by atoms with Gasteiger partial charge in [0.05, 0.1) is 10.8 Å². The van der Waals surface area contributed by atoms with E-state index < -0.39 is 10.8 Å². The van der Waals surface area contributed by atoms with Crippen LogP contribution in [0.5, 0.6) is 11.5 Å². The van der Waals surface area contributed by atoms with Gasteiger partial charge in [-0.3, -0.25) is 0 Å². The number of anilines is 4. The van der Waals surface area contributed by atoms with Crippen molar-refractivity contribution >= 4 is 88.0 Å². The van der Waals surface area contributed by atoms with Gasteiger partial charge in [0.1, 0.15) is 22.7 Å². The molecule has 402 valence electrons. The predicted molar refractivity (Wildman–Crippen MR) is 356 cm³/mol. The minimum atomic E-state index is -0.549. The Kier molecular flexibility index (Phi) is 10.1. The number of rotatable bonds is 6. The first-order valence-electron chi connectivity index (χ1n) is 29.4. The molecule has 15 aromatic rings. The maximum atomic E-state index is 7.01. The third-order valence-electron chi connectivity index (χ3n) is 18.8. The van der Waals surface area contributed by atoms with Crippen LogP contribution in [0.1, 0.15) is 44.5 Å². The van der Waals surface area contributed by atoms with Gasteiger partial charge in [-0.1, -0.05) is 206 Å². The second-order valence-electron chi connectivity index (χ2n) is 23.1. The average Bonchev–Trinajstić information content (AvgIpc) is 1.48. The lowest BCUT2D eigenvalue weighted by molar-refractivity contribution is 0.436. The number of hydrogen-bond acceptors (Lipinski definition) is 6. The number of fused-ring (bicyclic) bond motifs is 24. The highest BCUT2D eigenvalue weighted by Crippen LogP contribution is 2.65. The lowest BCUT2D eigenvalue weighted by Gasteiger charge is -2.40. The quantitative estimate of drug-likeness (QED) is 0.174. The Morgan fingerprint density at radius 1 is 0.314 bits per heavy atom. The summed E-state index contributed by atoms with van der Waals surface area (Å²) in [6, 6.07) is 102. The van der Waals surface area contributed by atoms with E-state index in [0.29, 0.717) is 0 Å². The Hall–Kier alpha value is -10.4. The third-order valence-corrected chi connectivity index (χ3v) is 21.1. The summed E-state index contributed by atoms with van der Waals surface area (Å²) in [6.07, 6.45) is 0. The summed E-state index contributed by atoms with van der Waals surface area (Å²) in [6.45, 7) is 0. The lowest BCUT2D eigenvalue weighted by Crippen LogP contribution is -2.32. The van der Waals surface area contributed by atoms with Gasteiger partial charge in [0.15, 0.2) is 0 Å². The monoisotopic (exact) mass is 1130 g/mol. The first-order valence-corrected chi connectivity index (χ1v) is 31.0. The van der Waals surface area contributed by atoms with Gasteiger partial charge in [-0.05, 0) is 157 Å². The van der Waals surface area contributed by atoms with Crippen molar-refractivity contribution in [1.29, 1.82) is 0 Å². The molecule has 0 atom stereocenters. The normalized spacial score (nSPS) is 14.0. The summed E-state index contributed by atoms with van der Waals surface area (Å²) < 4.78 is 16.3. The van der Waals surface area contributed by atoms with Gasteiger partial charge in [-0.15, -0.1) is 11.3 Å². The van der Waals surface area contributed by atoms with Crippen molar-refractivity contribution in [2.24, 2.45) is 0 Å². The van der Waals surface area contributed by atoms with E-state index in [1.807, 2.05) is 23.1 Å². The molecule has 13 aromatic carbocycles. The molecule has 2 aliphatic carbocycles. The SMILES string of the molecule is c1ccc2c(c1)Oc1ccc(Nc3ccc(-c4cccc5oc6c(-c7ccc8c(c7)Sc7ccc(Nc9cccc%10sc%11ccccc%11c9%10)cc7C87c8ccccc8-c8ccccc87)cccc6c45)cc3)cc1C21c2ccccc2-c2ccccc21. The van der Waals surface area contributed by atoms with Crippen LogP contribution >= 0.6 is 23.1 Å². The molecule has 0 fully saturated rings. The molecule has 2 aliphatic heterocycles. The van der Waals surface area contributed by atoms with Crippen molar-refractivity contribution < 1.29 is 9.15 Å². The molecule has 4 nitrogen and oxygen atoms in total. The van der Waals surface area contributed by atoms with E-state index in [1.165, 1.54) is 85.6 Å². The van der Waals surface area contributed by atoms with E-state index in [9.17, 15) is 0 Å². The van der Waals surface area contributed by atoms with E-state index in [4.69, 9.17) is 9.15 Å². The van der Waals surface area contributed by atoms with Gasteiger partial charge >= 0.3 is 0 Å². The Labute approximate surface area is 504 Å². The highest BCUT2D eigenvalue weighted by molar-refractivity contribution is 7.99. The Morgan fingerprint density at radius 2 is 0.860 bits per heavy atom. The molecule has 4 aliphatic rings. The number of ether oxygens (including phenoxy) is 1. The van der Waals surface area contributed by atoms with E-state index in [0.717, 1.165) is 89.6 Å². The maximum absolute atomic E-state index is 7.01. The lowest BCUT2D eigenvalue weighted by atomic mass is 9.66. The molecular formula is C80H48N2O2S2. The molecule has 0 saturated carbocycles. The van der Waals surface area contributed by atoms with E-state index in [2.05, 4.69) is 290 Å². The highest BCUT2D eigenvalue weighted by atomic mass is 32.2. The molecule has 0 radical (unpaired) electrons. The van der Waals surface area contributed by atoms with Gasteiger partial charge in [-0.2, -0.15) is 0 Å². The molecule has 2 spiro atoms. The molecule has 0 saturated heterocycles. The zero-order valence-corrected chi connectivity index (χ0v) is 47.8. The molecule has 0 unspecified atom stereocenters. The third kappa shape index (κ3) is 6.60. The fourth-order valence-electron chi connectivity index (χ4n) is 15.3. The second kappa shape index (κ2) is 18.1. The van der Waals surface area contributed by atoms with Crippen molar-refractivity contribution in [1.82, 2.24) is 0 Å². The first-order chi connectivity index (χ1) is 42.6. The van der Waals surface area contributed by atoms with E-state index in [-0.39, 0.29) is 0 Å². The molecule has 2 aromatic heterocycles. The predicted octanol–water partition coefficient (Wildman–Crippen LogP) is 22.1. The molecule has 86 heavy (non-hydrogen) atoms. The van der Waals surface area contributed by atoms with Crippen molar-refractivity contribution in [2.45, 2.75) is 20.6 Å². The molecule has 19 rings (SSSR count). The number of benzene rings is 13. The number of para-hydroxylation sites is 2. The minimum Gasteiger partial charge on any atom is -0.457 e. The maximum Gasteiger partial charge on any atom is 0.143 e. The largest absolute Gasteiger partial charge is 0.457 e. The zero-order valence-electron chi connectivity index (χ0n) is 46.2. The van der Waals surface area contributed by atoms with Crippen LogP contribution < -0.4 is 15.4 Å². The first kappa shape index (κ1) is 48.0. The van der Waals surface area contributed by atoms with Gasteiger partial charge in [0.2, 0.25) is 0 Å². The number of thiophene rings is 1. The van der Waals surface area contributed by atoms with Crippen LogP contribution in [0.2, 0.25) is 0 Å². The van der Waals surface area contributed by atoms with Crippen LogP contribution in [-0.2, 0) is 10.8 Å². The standard InChI is InChI=1S/C80H48N2O2S2/c1-6-24-60-54(16-1)55-17-2-7-25-61(55)79(60)64-28-10-11-30-69(64)83-70-42-39-50(45-66(70)79)81-49-37-34-47(35-38-49)52-21-14-31-71-76(52)59-23-13-22-53(78(59)84-71)48-36-41-65-75(44-48)86-73-43-40-51(82-68-29-15-33-74-77(68)58-20-5-12-32-72(58)85-74)46-67(73)80(65)62-26-8-3-18-56(62)57-19-4-9-27-63(57)80/h1-46,81-82H. The van der Waals surface area contributed by atoms with Crippen LogP contribution in [-0.4, -0.2) is 0 Å². The Bertz CT molecular complexity index is 5310. The van der Waals surface area contributed by atoms with Crippen LogP contribution in [0.3, 0.4) is 0 Å². The van der Waals surface area contributed by atoms with Crippen molar-refractivity contribution in [3.8, 4) is 56.0 Å². The number of nitrogens with one attached hydrogen (secondary N) is 2. The molecular weight excluding hydrogens is 1090 g/mol. The summed E-state index contributed by atoms with van der Waals surface area (Å²) in [5.74, 6) is 1.76. The van der Waals surface area contributed by atoms with Crippen LogP contribution in [0.4, 0.5) is 22.7 Å². The molecule has 0 amide bonds. The van der Waals surface area contributed by atoms with E-state index in [1.54, 1.807) is 0 Å². The summed E-state index contributed by atoms with van der Waals surface area (Å²) >= 11 is 3.72. The van der Waals surface area contributed by atoms with Crippen molar-refractivity contribution in [2.75, 3.05) is 10.6 Å². The number of hydrogen-bond donors (Lipinski definition) is 2. The molecule has 2 N–H and O–H groups in total. The van der Waals surface area contributed by atoms with Gasteiger partial charge in [0.25, 0.3) is 0 Å². The van der Waals surface area contributed by atoms with Gasteiger partial charge in [0, 0.05) is 80.2 Å². The topological polar surface area (TPSA) is 46.4 Å². The Morgan fingerprint density at radius 3 is 1.62 bits per heavy atom. The van der Waals surface area contributed by atoms with Crippen LogP contribution in [0.25, 0.3) is 86.6 Å². The molecule has 6 heteroatoms. The summed E-state index contributed by atoms with van der Waals surface area (Å²) in [5.41, 5.74) is 24.4. The van der Waals surface area contributed by atoms with Crippen molar-refractivity contribution in [3.63, 3.8) is 0 Å². The average molecular weight is 1130 g/mol. The van der Waals surface area contributed by atoms with Gasteiger partial charge in [-0.25, -0.2) is 0 Å². The van der Waals surface area contributed by atoms with Crippen LogP contribution in [0.15, 0.2) is 293 Å².